The lowest BCUT2D eigenvalue weighted by molar-refractivity contribution is 0.242. The molecular formula is C17H24ClN3O2. The molecule has 1 unspecified atom stereocenters. The summed E-state index contributed by atoms with van der Waals surface area (Å²) in [6.45, 7) is 6.10. The van der Waals surface area contributed by atoms with E-state index in [2.05, 4.69) is 22.4 Å². The number of nitrogens with one attached hydrogen (secondary N) is 1. The lowest BCUT2D eigenvalue weighted by Crippen LogP contribution is -2.24. The summed E-state index contributed by atoms with van der Waals surface area (Å²) in [4.78, 5) is 4.34. The van der Waals surface area contributed by atoms with Crippen LogP contribution in [0.3, 0.4) is 0 Å². The van der Waals surface area contributed by atoms with Gasteiger partial charge in [-0.15, -0.1) is 12.4 Å². The predicted molar refractivity (Wildman–Crippen MR) is 94.9 cm³/mol. The Hall–Kier alpha value is -1.85. The second-order valence-corrected chi connectivity index (χ2v) is 5.51. The van der Waals surface area contributed by atoms with Gasteiger partial charge in [0.1, 0.15) is 5.75 Å². The molecule has 5 nitrogen and oxygen atoms in total. The summed E-state index contributed by atoms with van der Waals surface area (Å²) in [6, 6.07) is 8.22. The van der Waals surface area contributed by atoms with Crippen molar-refractivity contribution in [2.24, 2.45) is 0 Å². The van der Waals surface area contributed by atoms with Gasteiger partial charge in [0.05, 0.1) is 6.10 Å². The third-order valence-corrected chi connectivity index (χ3v) is 3.14. The van der Waals surface area contributed by atoms with Crippen LogP contribution in [-0.2, 0) is 6.42 Å². The SMILES string of the molecule is CNC(C)Cc1noc(/C=C/c2ccc(OC(C)C)cc2)n1.Cl. The molecule has 1 aromatic carbocycles. The molecule has 0 saturated heterocycles. The summed E-state index contributed by atoms with van der Waals surface area (Å²) in [5, 5.41) is 7.11. The molecule has 126 valence electrons. The normalized spacial score (nSPS) is 12.4. The van der Waals surface area contributed by atoms with Crippen LogP contribution in [0.5, 0.6) is 5.75 Å². The number of likely N-dealkylation sites (N-methyl/N-ethyl adjacent to an activating group) is 1. The van der Waals surface area contributed by atoms with Gasteiger partial charge in [0.2, 0.25) is 0 Å². The number of ether oxygens (including phenoxy) is 1. The number of nitrogens with zero attached hydrogens (tertiary/aromatic N) is 2. The van der Waals surface area contributed by atoms with Gasteiger partial charge in [-0.2, -0.15) is 4.98 Å². The number of hydrogen-bond donors (Lipinski definition) is 1. The molecule has 0 saturated carbocycles. The van der Waals surface area contributed by atoms with Gasteiger partial charge >= 0.3 is 0 Å². The van der Waals surface area contributed by atoms with E-state index in [1.807, 2.05) is 57.3 Å². The Labute approximate surface area is 143 Å². The molecule has 0 radical (unpaired) electrons. The Morgan fingerprint density at radius 3 is 2.48 bits per heavy atom. The predicted octanol–water partition coefficient (Wildman–Crippen LogP) is 3.60. The van der Waals surface area contributed by atoms with Gasteiger partial charge in [-0.1, -0.05) is 17.3 Å². The Kier molecular flexibility index (Phi) is 7.78. The van der Waals surface area contributed by atoms with Crippen LogP contribution in [0, 0.1) is 0 Å². The summed E-state index contributed by atoms with van der Waals surface area (Å²) in [5.41, 5.74) is 1.06. The molecule has 0 aliphatic carbocycles. The highest BCUT2D eigenvalue weighted by molar-refractivity contribution is 5.85. The minimum atomic E-state index is 0. The van der Waals surface area contributed by atoms with Crippen LogP contribution in [-0.4, -0.2) is 29.3 Å². The molecule has 1 atom stereocenters. The molecule has 1 aromatic heterocycles. The fraction of sp³-hybridized carbons (Fsp3) is 0.412. The first-order chi connectivity index (χ1) is 10.6. The van der Waals surface area contributed by atoms with Crippen molar-refractivity contribution in [3.63, 3.8) is 0 Å². The molecule has 2 rings (SSSR count). The summed E-state index contributed by atoms with van der Waals surface area (Å²) in [6.07, 6.45) is 4.68. The summed E-state index contributed by atoms with van der Waals surface area (Å²) < 4.78 is 10.8. The Bertz CT molecular complexity index is 609. The van der Waals surface area contributed by atoms with Gasteiger partial charge in [0.15, 0.2) is 5.82 Å². The number of benzene rings is 1. The highest BCUT2D eigenvalue weighted by Crippen LogP contribution is 2.15. The number of halogens is 1. The number of aromatic nitrogens is 2. The van der Waals surface area contributed by atoms with Crippen molar-refractivity contribution in [2.45, 2.75) is 39.3 Å². The van der Waals surface area contributed by atoms with Crippen molar-refractivity contribution in [1.82, 2.24) is 15.5 Å². The lowest BCUT2D eigenvalue weighted by Gasteiger charge is -2.09. The van der Waals surface area contributed by atoms with Crippen LogP contribution in [0.4, 0.5) is 0 Å². The van der Waals surface area contributed by atoms with Crippen LogP contribution >= 0.6 is 12.4 Å². The highest BCUT2D eigenvalue weighted by Gasteiger charge is 2.07. The van der Waals surface area contributed by atoms with E-state index in [9.17, 15) is 0 Å². The summed E-state index contributed by atoms with van der Waals surface area (Å²) in [7, 11) is 1.91. The van der Waals surface area contributed by atoms with E-state index in [0.717, 1.165) is 17.7 Å². The Morgan fingerprint density at radius 1 is 1.17 bits per heavy atom. The lowest BCUT2D eigenvalue weighted by atomic mass is 10.2. The van der Waals surface area contributed by atoms with Crippen molar-refractivity contribution < 1.29 is 9.26 Å². The molecule has 0 aliphatic heterocycles. The van der Waals surface area contributed by atoms with Gasteiger partial charge in [0, 0.05) is 18.5 Å². The van der Waals surface area contributed by atoms with Crippen LogP contribution in [0.25, 0.3) is 12.2 Å². The molecule has 2 aromatic rings. The molecule has 0 fully saturated rings. The zero-order chi connectivity index (χ0) is 15.9. The van der Waals surface area contributed by atoms with Crippen LogP contribution < -0.4 is 10.1 Å². The molecular weight excluding hydrogens is 314 g/mol. The van der Waals surface area contributed by atoms with Gasteiger partial charge in [-0.3, -0.25) is 0 Å². The van der Waals surface area contributed by atoms with Gasteiger partial charge in [0.25, 0.3) is 5.89 Å². The summed E-state index contributed by atoms with van der Waals surface area (Å²) >= 11 is 0. The topological polar surface area (TPSA) is 60.2 Å². The third-order valence-electron chi connectivity index (χ3n) is 3.14. The largest absolute Gasteiger partial charge is 0.491 e. The van der Waals surface area contributed by atoms with E-state index in [0.29, 0.717) is 17.8 Å². The van der Waals surface area contributed by atoms with E-state index >= 15 is 0 Å². The van der Waals surface area contributed by atoms with Crippen molar-refractivity contribution in [2.75, 3.05) is 7.05 Å². The van der Waals surface area contributed by atoms with Gasteiger partial charge in [-0.05, 0) is 51.6 Å². The summed E-state index contributed by atoms with van der Waals surface area (Å²) in [5.74, 6) is 2.09. The number of rotatable bonds is 7. The number of hydrogen-bond acceptors (Lipinski definition) is 5. The highest BCUT2D eigenvalue weighted by atomic mass is 35.5. The maximum Gasteiger partial charge on any atom is 0.250 e. The smallest absolute Gasteiger partial charge is 0.250 e. The third kappa shape index (κ3) is 6.42. The van der Waals surface area contributed by atoms with E-state index in [4.69, 9.17) is 9.26 Å². The second-order valence-electron chi connectivity index (χ2n) is 5.51. The van der Waals surface area contributed by atoms with Crippen molar-refractivity contribution in [1.29, 1.82) is 0 Å². The Balaban J connectivity index is 0.00000264. The average Bonchev–Trinajstić information content (AvgIpc) is 2.93. The molecule has 0 aliphatic rings. The molecule has 6 heteroatoms. The van der Waals surface area contributed by atoms with Crippen molar-refractivity contribution in [3.05, 3.63) is 41.5 Å². The van der Waals surface area contributed by atoms with Crippen LogP contribution in [0.2, 0.25) is 0 Å². The maximum absolute atomic E-state index is 5.61. The van der Waals surface area contributed by atoms with Crippen LogP contribution in [0.1, 0.15) is 38.0 Å². The van der Waals surface area contributed by atoms with Crippen LogP contribution in [0.15, 0.2) is 28.8 Å². The fourth-order valence-corrected chi connectivity index (χ4v) is 1.89. The average molecular weight is 338 g/mol. The monoisotopic (exact) mass is 337 g/mol. The maximum atomic E-state index is 5.61. The van der Waals surface area contributed by atoms with Gasteiger partial charge < -0.3 is 14.6 Å². The van der Waals surface area contributed by atoms with E-state index < -0.39 is 0 Å². The zero-order valence-corrected chi connectivity index (χ0v) is 14.8. The molecule has 0 bridgehead atoms. The van der Waals surface area contributed by atoms with E-state index in [1.54, 1.807) is 0 Å². The second kappa shape index (κ2) is 9.33. The van der Waals surface area contributed by atoms with E-state index in [-0.39, 0.29) is 18.5 Å². The van der Waals surface area contributed by atoms with Gasteiger partial charge in [-0.25, -0.2) is 0 Å². The van der Waals surface area contributed by atoms with Crippen molar-refractivity contribution in [3.8, 4) is 5.75 Å². The standard InChI is InChI=1S/C17H23N3O2.ClH/c1-12(2)21-15-8-5-14(6-9-15)7-10-17-19-16(20-22-17)11-13(3)18-4;/h5-10,12-13,18H,11H2,1-4H3;1H/b10-7+;. The molecule has 1 N–H and O–H groups in total. The molecule has 0 spiro atoms. The Morgan fingerprint density at radius 2 is 1.87 bits per heavy atom. The molecule has 1 heterocycles. The van der Waals surface area contributed by atoms with Crippen molar-refractivity contribution >= 4 is 24.6 Å². The first-order valence-electron chi connectivity index (χ1n) is 7.51. The molecule has 0 amide bonds. The minimum Gasteiger partial charge on any atom is -0.491 e. The minimum absolute atomic E-state index is 0. The van der Waals surface area contributed by atoms with E-state index in [1.165, 1.54) is 0 Å². The zero-order valence-electron chi connectivity index (χ0n) is 13.9. The quantitative estimate of drug-likeness (QED) is 0.836. The molecule has 23 heavy (non-hydrogen) atoms. The fourth-order valence-electron chi connectivity index (χ4n) is 1.89. The first kappa shape index (κ1) is 19.2. The first-order valence-corrected chi connectivity index (χ1v) is 7.51.